The Bertz CT molecular complexity index is 669. The fraction of sp³-hybridized carbons (Fsp3) is 0.278. The molecule has 0 aliphatic carbocycles. The maximum absolute atomic E-state index is 13.9. The van der Waals surface area contributed by atoms with Crippen molar-refractivity contribution in [2.75, 3.05) is 13.7 Å². The molecule has 22 heavy (non-hydrogen) atoms. The van der Waals surface area contributed by atoms with Gasteiger partial charge in [-0.25, -0.2) is 4.39 Å². The number of halogens is 1. The summed E-state index contributed by atoms with van der Waals surface area (Å²) in [6, 6.07) is 13.9. The topological polar surface area (TPSA) is 29.5 Å². The van der Waals surface area contributed by atoms with E-state index in [2.05, 4.69) is 0 Å². The van der Waals surface area contributed by atoms with Crippen molar-refractivity contribution in [1.29, 1.82) is 0 Å². The van der Waals surface area contributed by atoms with Crippen molar-refractivity contribution in [3.05, 3.63) is 65.5 Å². The third-order valence-corrected chi connectivity index (χ3v) is 4.12. The van der Waals surface area contributed by atoms with E-state index in [-0.39, 0.29) is 17.5 Å². The van der Waals surface area contributed by atoms with Crippen LogP contribution >= 0.6 is 0 Å². The molecule has 1 aliphatic rings. The van der Waals surface area contributed by atoms with Gasteiger partial charge >= 0.3 is 0 Å². The maximum Gasteiger partial charge on any atom is 0.257 e. The number of carbonyl (C=O) groups is 1. The predicted octanol–water partition coefficient (Wildman–Crippen LogP) is 3.81. The molecule has 0 N–H and O–H groups in total. The van der Waals surface area contributed by atoms with Gasteiger partial charge in [-0.1, -0.05) is 24.3 Å². The normalized spacial score (nSPS) is 17.5. The standard InChI is InChI=1S/C18H18FNO2/c1-22-14-10-8-13(9-11-14)17-7-4-12-20(17)18(21)15-5-2-3-6-16(15)19/h2-3,5-6,8-11,17H,4,7,12H2,1H3/t17-/m0/s1. The van der Waals surface area contributed by atoms with Crippen LogP contribution in [0.3, 0.4) is 0 Å². The van der Waals surface area contributed by atoms with Crippen LogP contribution in [0.4, 0.5) is 4.39 Å². The molecule has 4 heteroatoms. The highest BCUT2D eigenvalue weighted by atomic mass is 19.1. The van der Waals surface area contributed by atoms with Crippen molar-refractivity contribution >= 4 is 5.91 Å². The quantitative estimate of drug-likeness (QED) is 0.862. The number of methoxy groups -OCH3 is 1. The summed E-state index contributed by atoms with van der Waals surface area (Å²) in [5.74, 6) is 0.0815. The number of benzene rings is 2. The summed E-state index contributed by atoms with van der Waals surface area (Å²) in [4.78, 5) is 14.4. The van der Waals surface area contributed by atoms with Gasteiger partial charge in [0.25, 0.3) is 5.91 Å². The van der Waals surface area contributed by atoms with Crippen LogP contribution in [-0.4, -0.2) is 24.5 Å². The number of nitrogens with zero attached hydrogens (tertiary/aromatic N) is 1. The first kappa shape index (κ1) is 14.6. The van der Waals surface area contributed by atoms with E-state index in [0.29, 0.717) is 6.54 Å². The van der Waals surface area contributed by atoms with Gasteiger partial charge in [0.05, 0.1) is 18.7 Å². The number of likely N-dealkylation sites (tertiary alicyclic amines) is 1. The van der Waals surface area contributed by atoms with Crippen LogP contribution in [0.25, 0.3) is 0 Å². The Hall–Kier alpha value is -2.36. The molecule has 1 amide bonds. The summed E-state index contributed by atoms with van der Waals surface area (Å²) in [7, 11) is 1.62. The van der Waals surface area contributed by atoms with Gasteiger partial charge in [0.2, 0.25) is 0 Å². The molecule has 114 valence electrons. The Morgan fingerprint density at radius 2 is 1.91 bits per heavy atom. The highest BCUT2D eigenvalue weighted by Crippen LogP contribution is 2.34. The molecular weight excluding hydrogens is 281 g/mol. The van der Waals surface area contributed by atoms with Crippen molar-refractivity contribution in [1.82, 2.24) is 4.90 Å². The number of hydrogen-bond donors (Lipinski definition) is 0. The van der Waals surface area contributed by atoms with Gasteiger partial charge in [0, 0.05) is 6.54 Å². The van der Waals surface area contributed by atoms with Crippen LogP contribution in [0.1, 0.15) is 34.8 Å². The largest absolute Gasteiger partial charge is 0.497 e. The van der Waals surface area contributed by atoms with E-state index in [9.17, 15) is 9.18 Å². The molecule has 0 spiro atoms. The fourth-order valence-corrected chi connectivity index (χ4v) is 2.97. The molecule has 2 aromatic carbocycles. The molecule has 3 nitrogen and oxygen atoms in total. The first-order valence-corrected chi connectivity index (χ1v) is 7.40. The van der Waals surface area contributed by atoms with Gasteiger partial charge in [-0.05, 0) is 42.7 Å². The molecule has 1 fully saturated rings. The summed E-state index contributed by atoms with van der Waals surface area (Å²) in [5.41, 5.74) is 1.20. The Labute approximate surface area is 129 Å². The third kappa shape index (κ3) is 2.69. The lowest BCUT2D eigenvalue weighted by molar-refractivity contribution is 0.0731. The summed E-state index contributed by atoms with van der Waals surface area (Å²) in [5, 5.41) is 0. The van der Waals surface area contributed by atoms with E-state index in [1.165, 1.54) is 6.07 Å². The molecule has 1 atom stereocenters. The van der Waals surface area contributed by atoms with Gasteiger partial charge in [-0.3, -0.25) is 4.79 Å². The molecule has 1 heterocycles. The molecule has 0 bridgehead atoms. The van der Waals surface area contributed by atoms with Crippen LogP contribution in [0.15, 0.2) is 48.5 Å². The highest BCUT2D eigenvalue weighted by molar-refractivity contribution is 5.95. The molecular formula is C18H18FNO2. The molecule has 0 aromatic heterocycles. The zero-order valence-corrected chi connectivity index (χ0v) is 12.5. The maximum atomic E-state index is 13.9. The lowest BCUT2D eigenvalue weighted by Gasteiger charge is -2.25. The number of hydrogen-bond acceptors (Lipinski definition) is 2. The third-order valence-electron chi connectivity index (χ3n) is 4.12. The van der Waals surface area contributed by atoms with Crippen LogP contribution in [0.5, 0.6) is 5.75 Å². The first-order chi connectivity index (χ1) is 10.7. The number of ether oxygens (including phenoxy) is 1. The molecule has 1 aliphatic heterocycles. The van der Waals surface area contributed by atoms with E-state index >= 15 is 0 Å². The average molecular weight is 299 g/mol. The number of amides is 1. The molecule has 0 saturated carbocycles. The van der Waals surface area contributed by atoms with Gasteiger partial charge < -0.3 is 9.64 Å². The number of rotatable bonds is 3. The monoisotopic (exact) mass is 299 g/mol. The fourth-order valence-electron chi connectivity index (χ4n) is 2.97. The van der Waals surface area contributed by atoms with Crippen molar-refractivity contribution in [3.63, 3.8) is 0 Å². The minimum absolute atomic E-state index is 0.00184. The van der Waals surface area contributed by atoms with E-state index < -0.39 is 5.82 Å². The molecule has 3 rings (SSSR count). The average Bonchev–Trinajstić information content (AvgIpc) is 3.04. The van der Waals surface area contributed by atoms with Gasteiger partial charge in [0.15, 0.2) is 0 Å². The second-order valence-corrected chi connectivity index (χ2v) is 5.41. The number of carbonyl (C=O) groups excluding carboxylic acids is 1. The minimum atomic E-state index is -0.465. The van der Waals surface area contributed by atoms with E-state index in [1.807, 2.05) is 24.3 Å². The molecule has 0 radical (unpaired) electrons. The second kappa shape index (κ2) is 6.18. The molecule has 0 unspecified atom stereocenters. The second-order valence-electron chi connectivity index (χ2n) is 5.41. The van der Waals surface area contributed by atoms with Crippen LogP contribution < -0.4 is 4.74 Å². The van der Waals surface area contributed by atoms with Crippen molar-refractivity contribution < 1.29 is 13.9 Å². The summed E-state index contributed by atoms with van der Waals surface area (Å²) < 4.78 is 19.0. The Morgan fingerprint density at radius 1 is 1.18 bits per heavy atom. The predicted molar refractivity (Wildman–Crippen MR) is 82.4 cm³/mol. The first-order valence-electron chi connectivity index (χ1n) is 7.40. The van der Waals surface area contributed by atoms with Gasteiger partial charge in [0.1, 0.15) is 11.6 Å². The smallest absolute Gasteiger partial charge is 0.257 e. The highest BCUT2D eigenvalue weighted by Gasteiger charge is 2.31. The molecule has 1 saturated heterocycles. The molecule has 2 aromatic rings. The zero-order valence-electron chi connectivity index (χ0n) is 12.5. The lowest BCUT2D eigenvalue weighted by atomic mass is 10.0. The van der Waals surface area contributed by atoms with Gasteiger partial charge in [-0.15, -0.1) is 0 Å². The SMILES string of the molecule is COc1ccc([C@@H]2CCCN2C(=O)c2ccccc2F)cc1. The summed E-state index contributed by atoms with van der Waals surface area (Å²) in [6.45, 7) is 0.657. The van der Waals surface area contributed by atoms with E-state index in [1.54, 1.807) is 30.2 Å². The van der Waals surface area contributed by atoms with E-state index in [0.717, 1.165) is 24.2 Å². The van der Waals surface area contributed by atoms with Gasteiger partial charge in [-0.2, -0.15) is 0 Å². The Kier molecular flexibility index (Phi) is 4.09. The van der Waals surface area contributed by atoms with Crippen LogP contribution in [0, 0.1) is 5.82 Å². The van der Waals surface area contributed by atoms with Crippen molar-refractivity contribution in [3.8, 4) is 5.75 Å². The summed E-state index contributed by atoms with van der Waals surface area (Å²) in [6.07, 6.45) is 1.82. The van der Waals surface area contributed by atoms with Crippen LogP contribution in [-0.2, 0) is 0 Å². The van der Waals surface area contributed by atoms with E-state index in [4.69, 9.17) is 4.74 Å². The van der Waals surface area contributed by atoms with Crippen molar-refractivity contribution in [2.24, 2.45) is 0 Å². The Balaban J connectivity index is 1.86. The summed E-state index contributed by atoms with van der Waals surface area (Å²) >= 11 is 0. The minimum Gasteiger partial charge on any atom is -0.497 e. The zero-order chi connectivity index (χ0) is 15.5. The van der Waals surface area contributed by atoms with Crippen molar-refractivity contribution in [2.45, 2.75) is 18.9 Å². The van der Waals surface area contributed by atoms with Crippen LogP contribution in [0.2, 0.25) is 0 Å². The lowest BCUT2D eigenvalue weighted by Crippen LogP contribution is -2.31. The Morgan fingerprint density at radius 3 is 2.59 bits per heavy atom.